The molecule has 0 spiro atoms. The molecule has 1 amide bonds. The van der Waals surface area contributed by atoms with Gasteiger partial charge >= 0.3 is 0 Å². The van der Waals surface area contributed by atoms with Crippen molar-refractivity contribution >= 4 is 5.91 Å². The number of carbonyl (C=O) groups is 1. The van der Waals surface area contributed by atoms with Crippen molar-refractivity contribution in [2.75, 3.05) is 6.54 Å². The molecule has 0 saturated heterocycles. The second-order valence-corrected chi connectivity index (χ2v) is 4.21. The molecule has 0 fully saturated rings. The normalized spacial score (nSPS) is 12.2. The fourth-order valence-corrected chi connectivity index (χ4v) is 1.50. The molecule has 3 N–H and O–H groups in total. The van der Waals surface area contributed by atoms with Crippen LogP contribution in [-0.2, 0) is 11.2 Å². The summed E-state index contributed by atoms with van der Waals surface area (Å²) >= 11 is 0. The number of hydrogen-bond donors (Lipinski definition) is 2. The maximum atomic E-state index is 11.5. The van der Waals surface area contributed by atoms with E-state index in [1.807, 2.05) is 19.1 Å². The van der Waals surface area contributed by atoms with Gasteiger partial charge in [0.05, 0.1) is 0 Å². The van der Waals surface area contributed by atoms with E-state index in [-0.39, 0.29) is 11.9 Å². The number of aryl methyl sites for hydroxylation is 2. The topological polar surface area (TPSA) is 55.1 Å². The minimum Gasteiger partial charge on any atom is -0.355 e. The average molecular weight is 220 g/mol. The first-order valence-corrected chi connectivity index (χ1v) is 5.66. The van der Waals surface area contributed by atoms with Gasteiger partial charge in [0, 0.05) is 19.0 Å². The summed E-state index contributed by atoms with van der Waals surface area (Å²) in [5, 5.41) is 2.81. The van der Waals surface area contributed by atoms with Crippen LogP contribution in [0, 0.1) is 6.92 Å². The molecular weight excluding hydrogens is 200 g/mol. The summed E-state index contributed by atoms with van der Waals surface area (Å²) in [6.07, 6.45) is 1.31. The number of nitrogens with one attached hydrogen (secondary N) is 1. The third-order valence-corrected chi connectivity index (χ3v) is 2.50. The Labute approximate surface area is 97.0 Å². The molecule has 1 atom stereocenters. The molecule has 88 valence electrons. The first-order valence-electron chi connectivity index (χ1n) is 5.66. The minimum absolute atomic E-state index is 0.0161. The van der Waals surface area contributed by atoms with Crippen LogP contribution < -0.4 is 11.1 Å². The van der Waals surface area contributed by atoms with Crippen molar-refractivity contribution < 1.29 is 4.79 Å². The zero-order chi connectivity index (χ0) is 12.0. The highest BCUT2D eigenvalue weighted by Gasteiger charge is 2.04. The highest BCUT2D eigenvalue weighted by Crippen LogP contribution is 2.09. The van der Waals surface area contributed by atoms with Crippen molar-refractivity contribution in [3.8, 4) is 0 Å². The molecule has 3 nitrogen and oxygen atoms in total. The van der Waals surface area contributed by atoms with E-state index in [0.717, 1.165) is 6.42 Å². The largest absolute Gasteiger partial charge is 0.355 e. The van der Waals surface area contributed by atoms with Crippen LogP contribution in [0.5, 0.6) is 0 Å². The maximum absolute atomic E-state index is 11.5. The van der Waals surface area contributed by atoms with Gasteiger partial charge in [-0.25, -0.2) is 0 Å². The second-order valence-electron chi connectivity index (χ2n) is 4.21. The zero-order valence-corrected chi connectivity index (χ0v) is 9.99. The predicted octanol–water partition coefficient (Wildman–Crippen LogP) is 1.39. The van der Waals surface area contributed by atoms with Crippen LogP contribution in [0.25, 0.3) is 0 Å². The number of rotatable bonds is 5. The summed E-state index contributed by atoms with van der Waals surface area (Å²) < 4.78 is 0. The number of hydrogen-bond acceptors (Lipinski definition) is 2. The molecule has 16 heavy (non-hydrogen) atoms. The van der Waals surface area contributed by atoms with Gasteiger partial charge in [0.2, 0.25) is 5.91 Å². The summed E-state index contributed by atoms with van der Waals surface area (Å²) in [4.78, 5) is 11.5. The molecule has 1 unspecified atom stereocenters. The Kier molecular flexibility index (Phi) is 4.99. The zero-order valence-electron chi connectivity index (χ0n) is 9.99. The fraction of sp³-hybridized carbons (Fsp3) is 0.462. The average Bonchev–Trinajstić information content (AvgIpc) is 2.25. The van der Waals surface area contributed by atoms with Gasteiger partial charge in [0.1, 0.15) is 0 Å². The van der Waals surface area contributed by atoms with E-state index in [9.17, 15) is 4.79 Å². The Morgan fingerprint density at radius 2 is 2.12 bits per heavy atom. The quantitative estimate of drug-likeness (QED) is 0.788. The Bertz CT molecular complexity index is 348. The molecule has 0 heterocycles. The molecule has 0 saturated carbocycles. The molecule has 0 aromatic heterocycles. The highest BCUT2D eigenvalue weighted by molar-refractivity contribution is 5.76. The van der Waals surface area contributed by atoms with Gasteiger partial charge in [0.25, 0.3) is 0 Å². The van der Waals surface area contributed by atoms with E-state index in [0.29, 0.717) is 13.0 Å². The van der Waals surface area contributed by atoms with Crippen molar-refractivity contribution in [1.82, 2.24) is 5.32 Å². The Balaban J connectivity index is 2.35. The number of carbonyl (C=O) groups excluding carboxylic acids is 1. The number of benzene rings is 1. The maximum Gasteiger partial charge on any atom is 0.220 e. The van der Waals surface area contributed by atoms with Crippen LogP contribution in [0.3, 0.4) is 0 Å². The molecule has 1 aromatic rings. The monoisotopic (exact) mass is 220 g/mol. The summed E-state index contributed by atoms with van der Waals surface area (Å²) in [7, 11) is 0. The van der Waals surface area contributed by atoms with Gasteiger partial charge in [-0.15, -0.1) is 0 Å². The molecule has 0 bridgehead atoms. The summed E-state index contributed by atoms with van der Waals surface area (Å²) in [6.45, 7) is 4.49. The van der Waals surface area contributed by atoms with Crippen LogP contribution in [0.2, 0.25) is 0 Å². The molecule has 3 heteroatoms. The second kappa shape index (κ2) is 6.28. The van der Waals surface area contributed by atoms with E-state index < -0.39 is 0 Å². The molecule has 0 radical (unpaired) electrons. The third-order valence-electron chi connectivity index (χ3n) is 2.50. The van der Waals surface area contributed by atoms with Crippen LogP contribution in [-0.4, -0.2) is 18.5 Å². The van der Waals surface area contributed by atoms with Gasteiger partial charge in [-0.05, 0) is 31.4 Å². The molecular formula is C13H20N2O. The summed E-state index contributed by atoms with van der Waals surface area (Å²) in [5.41, 5.74) is 8.03. The lowest BCUT2D eigenvalue weighted by molar-refractivity contribution is -0.121. The fourth-order valence-electron chi connectivity index (χ4n) is 1.50. The number of amides is 1. The van der Waals surface area contributed by atoms with Crippen molar-refractivity contribution in [2.45, 2.75) is 32.7 Å². The van der Waals surface area contributed by atoms with Crippen LogP contribution >= 0.6 is 0 Å². The predicted molar refractivity (Wildman–Crippen MR) is 66.2 cm³/mol. The van der Waals surface area contributed by atoms with Crippen molar-refractivity contribution in [2.24, 2.45) is 5.73 Å². The smallest absolute Gasteiger partial charge is 0.220 e. The SMILES string of the molecule is Cc1ccccc1CCC(=O)NCC(C)N. The van der Waals surface area contributed by atoms with Gasteiger partial charge < -0.3 is 11.1 Å². The lowest BCUT2D eigenvalue weighted by Gasteiger charge is -2.08. The first-order chi connectivity index (χ1) is 7.59. The van der Waals surface area contributed by atoms with E-state index >= 15 is 0 Å². The van der Waals surface area contributed by atoms with Gasteiger partial charge in [-0.3, -0.25) is 4.79 Å². The van der Waals surface area contributed by atoms with Gasteiger partial charge in [-0.1, -0.05) is 24.3 Å². The molecule has 0 aliphatic rings. The highest BCUT2D eigenvalue weighted by atomic mass is 16.1. The molecule has 0 aliphatic carbocycles. The Morgan fingerprint density at radius 1 is 1.44 bits per heavy atom. The summed E-state index contributed by atoms with van der Waals surface area (Å²) in [5.74, 6) is 0.0700. The van der Waals surface area contributed by atoms with Crippen LogP contribution in [0.1, 0.15) is 24.5 Å². The molecule has 1 rings (SSSR count). The number of nitrogens with two attached hydrogens (primary N) is 1. The van der Waals surface area contributed by atoms with Crippen LogP contribution in [0.4, 0.5) is 0 Å². The standard InChI is InChI=1S/C13H20N2O/c1-10-5-3-4-6-12(10)7-8-13(16)15-9-11(2)14/h3-6,11H,7-9,14H2,1-2H3,(H,15,16). The van der Waals surface area contributed by atoms with E-state index in [1.54, 1.807) is 0 Å². The summed E-state index contributed by atoms with van der Waals surface area (Å²) in [6, 6.07) is 8.16. The third kappa shape index (κ3) is 4.45. The van der Waals surface area contributed by atoms with Crippen molar-refractivity contribution in [3.05, 3.63) is 35.4 Å². The Morgan fingerprint density at radius 3 is 2.75 bits per heavy atom. The first kappa shape index (κ1) is 12.7. The minimum atomic E-state index is 0.0161. The van der Waals surface area contributed by atoms with E-state index in [1.165, 1.54) is 11.1 Å². The molecule has 1 aromatic carbocycles. The molecule has 0 aliphatic heterocycles. The van der Waals surface area contributed by atoms with Gasteiger partial charge in [-0.2, -0.15) is 0 Å². The van der Waals surface area contributed by atoms with Crippen molar-refractivity contribution in [3.63, 3.8) is 0 Å². The lowest BCUT2D eigenvalue weighted by atomic mass is 10.0. The van der Waals surface area contributed by atoms with Crippen LogP contribution in [0.15, 0.2) is 24.3 Å². The lowest BCUT2D eigenvalue weighted by Crippen LogP contribution is -2.35. The van der Waals surface area contributed by atoms with Gasteiger partial charge in [0.15, 0.2) is 0 Å². The van der Waals surface area contributed by atoms with E-state index in [2.05, 4.69) is 24.4 Å². The van der Waals surface area contributed by atoms with Crippen molar-refractivity contribution in [1.29, 1.82) is 0 Å². The van der Waals surface area contributed by atoms with E-state index in [4.69, 9.17) is 5.73 Å². The Hall–Kier alpha value is -1.35.